The highest BCUT2D eigenvalue weighted by atomic mass is 16.6. The van der Waals surface area contributed by atoms with Gasteiger partial charge in [-0.3, -0.25) is 0 Å². The minimum absolute atomic E-state index is 0.278. The van der Waals surface area contributed by atoms with Gasteiger partial charge in [-0.25, -0.2) is 4.79 Å². The largest absolute Gasteiger partial charge is 0.479 e. The average Bonchev–Trinajstić information content (AvgIpc) is 2.93. The zero-order valence-corrected chi connectivity index (χ0v) is 8.86. The Hall–Kier alpha value is -1.35. The van der Waals surface area contributed by atoms with Crippen LogP contribution in [-0.4, -0.2) is 16.7 Å². The molecule has 1 aliphatic heterocycles. The Labute approximate surface area is 88.7 Å². The molecule has 0 aromatic heterocycles. The summed E-state index contributed by atoms with van der Waals surface area (Å²) < 4.78 is 5.36. The van der Waals surface area contributed by atoms with E-state index in [2.05, 4.69) is 0 Å². The third-order valence-electron chi connectivity index (χ3n) is 2.93. The van der Waals surface area contributed by atoms with Crippen LogP contribution in [0.4, 0.5) is 0 Å². The predicted octanol–water partition coefficient (Wildman–Crippen LogP) is 2.30. The van der Waals surface area contributed by atoms with Crippen LogP contribution in [0.3, 0.4) is 0 Å². The smallest absolute Gasteiger partial charge is 0.339 e. The van der Waals surface area contributed by atoms with Crippen molar-refractivity contribution in [3.8, 4) is 0 Å². The Kier molecular flexibility index (Phi) is 2.27. The van der Waals surface area contributed by atoms with Crippen molar-refractivity contribution in [3.63, 3.8) is 0 Å². The van der Waals surface area contributed by atoms with Crippen molar-refractivity contribution in [1.29, 1.82) is 0 Å². The number of benzene rings is 1. The number of carboxylic acids is 1. The molecule has 1 fully saturated rings. The molecule has 0 aliphatic carbocycles. The minimum Gasteiger partial charge on any atom is -0.479 e. The summed E-state index contributed by atoms with van der Waals surface area (Å²) in [5.41, 5.74) is 1.10. The van der Waals surface area contributed by atoms with Gasteiger partial charge in [0, 0.05) is 0 Å². The first kappa shape index (κ1) is 10.2. The molecule has 3 nitrogen and oxygen atoms in total. The lowest BCUT2D eigenvalue weighted by Crippen LogP contribution is -2.23. The van der Waals surface area contributed by atoms with Gasteiger partial charge in [0.05, 0.1) is 0 Å². The number of epoxide rings is 1. The molecule has 0 radical (unpaired) electrons. The Morgan fingerprint density at radius 3 is 2.80 bits per heavy atom. The maximum Gasteiger partial charge on any atom is 0.339 e. The summed E-state index contributed by atoms with van der Waals surface area (Å²) in [6.45, 7) is 3.82. The highest BCUT2D eigenvalue weighted by Crippen LogP contribution is 2.52. The first-order chi connectivity index (χ1) is 7.10. The first-order valence-corrected chi connectivity index (χ1v) is 5.08. The van der Waals surface area contributed by atoms with Crippen LogP contribution >= 0.6 is 0 Å². The maximum absolute atomic E-state index is 11.1. The molecule has 1 N–H and O–H groups in total. The number of ether oxygens (including phenoxy) is 1. The fraction of sp³-hybridized carbons (Fsp3) is 0.417. The third-order valence-corrected chi connectivity index (χ3v) is 2.93. The van der Waals surface area contributed by atoms with E-state index in [1.54, 1.807) is 0 Å². The minimum atomic E-state index is -0.978. The molecule has 0 bridgehead atoms. The zero-order chi connectivity index (χ0) is 11.1. The molecule has 2 rings (SSSR count). The summed E-state index contributed by atoms with van der Waals surface area (Å²) in [7, 11) is 0. The van der Waals surface area contributed by atoms with Gasteiger partial charge in [0.2, 0.25) is 0 Å². The molecule has 15 heavy (non-hydrogen) atoms. The van der Waals surface area contributed by atoms with Crippen molar-refractivity contribution >= 4 is 5.97 Å². The predicted molar refractivity (Wildman–Crippen MR) is 55.7 cm³/mol. The average molecular weight is 206 g/mol. The number of hydrogen-bond donors (Lipinski definition) is 1. The van der Waals surface area contributed by atoms with Crippen LogP contribution in [0.1, 0.15) is 30.6 Å². The molecular weight excluding hydrogens is 192 g/mol. The van der Waals surface area contributed by atoms with E-state index in [1.165, 1.54) is 0 Å². The summed E-state index contributed by atoms with van der Waals surface area (Å²) in [6.07, 6.45) is 0.223. The van der Waals surface area contributed by atoms with Gasteiger partial charge in [0.15, 0.2) is 5.60 Å². The molecule has 3 heteroatoms. The van der Waals surface area contributed by atoms with Gasteiger partial charge >= 0.3 is 5.97 Å². The summed E-state index contributed by atoms with van der Waals surface area (Å²) >= 11 is 0. The number of aliphatic carboxylic acids is 1. The van der Waals surface area contributed by atoms with Crippen molar-refractivity contribution in [1.82, 2.24) is 0 Å². The van der Waals surface area contributed by atoms with Gasteiger partial charge in [-0.2, -0.15) is 0 Å². The lowest BCUT2D eigenvalue weighted by atomic mass is 9.96. The maximum atomic E-state index is 11.1. The van der Waals surface area contributed by atoms with Crippen LogP contribution < -0.4 is 0 Å². The van der Waals surface area contributed by atoms with E-state index in [1.807, 2.05) is 38.1 Å². The van der Waals surface area contributed by atoms with Crippen LogP contribution in [0, 0.1) is 6.92 Å². The standard InChI is InChI=1S/C12H14O3/c1-3-12(11(13)14)10(15-12)9-6-4-5-8(2)7-9/h4-7,10H,3H2,1-2H3,(H,13,14). The normalized spacial score (nSPS) is 28.8. The van der Waals surface area contributed by atoms with E-state index >= 15 is 0 Å². The Morgan fingerprint density at radius 1 is 1.60 bits per heavy atom. The molecule has 0 spiro atoms. The Morgan fingerprint density at radius 2 is 2.33 bits per heavy atom. The number of hydrogen-bond acceptors (Lipinski definition) is 2. The third kappa shape index (κ3) is 1.53. The monoisotopic (exact) mass is 206 g/mol. The highest BCUT2D eigenvalue weighted by Gasteiger charge is 2.62. The van der Waals surface area contributed by atoms with Crippen LogP contribution in [-0.2, 0) is 9.53 Å². The van der Waals surface area contributed by atoms with Crippen molar-refractivity contribution in [2.75, 3.05) is 0 Å². The molecular formula is C12H14O3. The fourth-order valence-electron chi connectivity index (χ4n) is 1.93. The lowest BCUT2D eigenvalue weighted by Gasteiger charge is -2.03. The van der Waals surface area contributed by atoms with E-state index < -0.39 is 11.6 Å². The van der Waals surface area contributed by atoms with Crippen molar-refractivity contribution in [2.45, 2.75) is 32.0 Å². The zero-order valence-electron chi connectivity index (χ0n) is 8.86. The van der Waals surface area contributed by atoms with E-state index in [0.717, 1.165) is 11.1 Å². The SMILES string of the molecule is CCC1(C(=O)O)OC1c1cccc(C)c1. The molecule has 1 aliphatic rings. The molecule has 2 unspecified atom stereocenters. The second-order valence-electron chi connectivity index (χ2n) is 3.96. The molecule has 1 aromatic carbocycles. The summed E-state index contributed by atoms with van der Waals surface area (Å²) in [5.74, 6) is -0.864. The molecule has 1 heterocycles. The van der Waals surface area contributed by atoms with Crippen LogP contribution in [0.25, 0.3) is 0 Å². The Balaban J connectivity index is 2.26. The van der Waals surface area contributed by atoms with E-state index in [4.69, 9.17) is 9.84 Å². The fourth-order valence-corrected chi connectivity index (χ4v) is 1.93. The molecule has 80 valence electrons. The van der Waals surface area contributed by atoms with Gasteiger partial charge in [0.1, 0.15) is 6.10 Å². The molecule has 1 aromatic rings. The van der Waals surface area contributed by atoms with E-state index in [-0.39, 0.29) is 6.10 Å². The molecule has 2 atom stereocenters. The highest BCUT2D eigenvalue weighted by molar-refractivity contribution is 5.81. The van der Waals surface area contributed by atoms with Crippen LogP contribution in [0.5, 0.6) is 0 Å². The van der Waals surface area contributed by atoms with Gasteiger partial charge in [-0.1, -0.05) is 36.8 Å². The van der Waals surface area contributed by atoms with Crippen molar-refractivity contribution in [3.05, 3.63) is 35.4 Å². The molecule has 1 saturated heterocycles. The molecule has 0 saturated carbocycles. The number of aryl methyl sites for hydroxylation is 1. The van der Waals surface area contributed by atoms with Crippen molar-refractivity contribution < 1.29 is 14.6 Å². The second-order valence-corrected chi connectivity index (χ2v) is 3.96. The van der Waals surface area contributed by atoms with Gasteiger partial charge in [-0.15, -0.1) is 0 Å². The van der Waals surface area contributed by atoms with Gasteiger partial charge in [-0.05, 0) is 18.9 Å². The topological polar surface area (TPSA) is 49.8 Å². The quantitative estimate of drug-likeness (QED) is 0.772. The first-order valence-electron chi connectivity index (χ1n) is 5.08. The summed E-state index contributed by atoms with van der Waals surface area (Å²) in [5, 5.41) is 9.08. The van der Waals surface area contributed by atoms with Crippen LogP contribution in [0.15, 0.2) is 24.3 Å². The van der Waals surface area contributed by atoms with Crippen molar-refractivity contribution in [2.24, 2.45) is 0 Å². The van der Waals surface area contributed by atoms with E-state index in [0.29, 0.717) is 6.42 Å². The second kappa shape index (κ2) is 3.35. The summed E-state index contributed by atoms with van der Waals surface area (Å²) in [4.78, 5) is 11.1. The Bertz CT molecular complexity index is 400. The summed E-state index contributed by atoms with van der Waals surface area (Å²) in [6, 6.07) is 7.80. The van der Waals surface area contributed by atoms with Crippen LogP contribution in [0.2, 0.25) is 0 Å². The molecule has 0 amide bonds. The lowest BCUT2D eigenvalue weighted by molar-refractivity contribution is -0.143. The number of carboxylic acid groups (broad SMARTS) is 1. The van der Waals surface area contributed by atoms with E-state index in [9.17, 15) is 4.79 Å². The van der Waals surface area contributed by atoms with Gasteiger partial charge in [0.25, 0.3) is 0 Å². The number of rotatable bonds is 3. The van der Waals surface area contributed by atoms with Gasteiger partial charge < -0.3 is 9.84 Å². The number of carbonyl (C=O) groups is 1.